The average molecular weight is 422 g/mol. The summed E-state index contributed by atoms with van der Waals surface area (Å²) in [7, 11) is 0. The number of hydrogen-bond acceptors (Lipinski definition) is 6. The highest BCUT2D eigenvalue weighted by molar-refractivity contribution is 5.89. The number of nitrogens with zero attached hydrogens (tertiary/aromatic N) is 3. The summed E-state index contributed by atoms with van der Waals surface area (Å²) in [6, 6.07) is 23.9. The van der Waals surface area contributed by atoms with E-state index in [1.165, 1.54) is 5.56 Å². The minimum Gasteiger partial charge on any atom is -0.472 e. The fourth-order valence-electron chi connectivity index (χ4n) is 3.82. The number of ether oxygens (including phenoxy) is 1. The number of aromatic nitrogens is 2. The Morgan fingerprint density at radius 1 is 1.00 bits per heavy atom. The van der Waals surface area contributed by atoms with Crippen molar-refractivity contribution in [1.82, 2.24) is 15.3 Å². The van der Waals surface area contributed by atoms with Gasteiger partial charge in [0, 0.05) is 12.2 Å². The smallest absolute Gasteiger partial charge is 0.231 e. The van der Waals surface area contributed by atoms with Gasteiger partial charge in [-0.05, 0) is 67.4 Å². The summed E-state index contributed by atoms with van der Waals surface area (Å²) >= 11 is 0. The zero-order valence-electron chi connectivity index (χ0n) is 17.8. The molecule has 0 amide bonds. The second-order valence-electron chi connectivity index (χ2n) is 8.00. The van der Waals surface area contributed by atoms with Crippen molar-refractivity contribution in [3.05, 3.63) is 77.9 Å². The first-order chi connectivity index (χ1) is 15.7. The quantitative estimate of drug-likeness (QED) is 0.474. The fraction of sp³-hybridized carbons (Fsp3) is 0.192. The molecule has 0 unspecified atom stereocenters. The summed E-state index contributed by atoms with van der Waals surface area (Å²) in [5.41, 5.74) is 5.61. The van der Waals surface area contributed by atoms with E-state index in [9.17, 15) is 0 Å². The van der Waals surface area contributed by atoms with Gasteiger partial charge in [-0.15, -0.1) is 0 Å². The van der Waals surface area contributed by atoms with Crippen molar-refractivity contribution in [2.45, 2.75) is 19.4 Å². The van der Waals surface area contributed by atoms with E-state index in [2.05, 4.69) is 23.6 Å². The van der Waals surface area contributed by atoms with Crippen molar-refractivity contribution in [2.75, 3.05) is 18.4 Å². The van der Waals surface area contributed by atoms with Gasteiger partial charge < -0.3 is 15.4 Å². The molecule has 1 fully saturated rings. The molecule has 2 heterocycles. The summed E-state index contributed by atoms with van der Waals surface area (Å²) in [6.07, 6.45) is 1.05. The van der Waals surface area contributed by atoms with Gasteiger partial charge in [-0.2, -0.15) is 10.2 Å². The largest absolute Gasteiger partial charge is 0.472 e. The average Bonchev–Trinajstić information content (AvgIpc) is 3.33. The van der Waals surface area contributed by atoms with Crippen LogP contribution in [0.2, 0.25) is 0 Å². The van der Waals surface area contributed by atoms with E-state index >= 15 is 0 Å². The van der Waals surface area contributed by atoms with Crippen molar-refractivity contribution in [2.24, 2.45) is 0 Å². The van der Waals surface area contributed by atoms with Crippen molar-refractivity contribution in [1.29, 1.82) is 5.26 Å². The van der Waals surface area contributed by atoms with Crippen molar-refractivity contribution in [3.63, 3.8) is 0 Å². The molecule has 0 aliphatic carbocycles. The lowest BCUT2D eigenvalue weighted by atomic mass is 10.0. The number of hydrogen-bond donors (Lipinski definition) is 2. The summed E-state index contributed by atoms with van der Waals surface area (Å²) in [5.74, 6) is 1.09. The minimum atomic E-state index is 0.0959. The molecule has 1 saturated heterocycles. The zero-order chi connectivity index (χ0) is 21.9. The molecule has 4 aromatic rings. The number of nitriles is 1. The standard InChI is InChI=1S/C26H23N5O/c1-17-2-9-21(10-3-17)29-26-30-24-14-20(19-6-4-18(15-27)5-7-19)8-11-23(24)25(31-26)32-22-12-13-28-16-22/h2-11,14,22,28H,12-13,16H2,1H3,(H,29,30,31)/t22-/m1/s1. The highest BCUT2D eigenvalue weighted by Crippen LogP contribution is 2.31. The van der Waals surface area contributed by atoms with Gasteiger partial charge in [0.05, 0.1) is 22.5 Å². The lowest BCUT2D eigenvalue weighted by Crippen LogP contribution is -2.20. The number of nitrogens with one attached hydrogen (secondary N) is 2. The Morgan fingerprint density at radius 2 is 1.78 bits per heavy atom. The SMILES string of the molecule is Cc1ccc(Nc2nc(O[C@@H]3CCNC3)c3ccc(-c4ccc(C#N)cc4)cc3n2)cc1. The Kier molecular flexibility index (Phi) is 5.40. The molecule has 6 heteroatoms. The molecule has 5 rings (SSSR count). The molecule has 158 valence electrons. The summed E-state index contributed by atoms with van der Waals surface area (Å²) in [4.78, 5) is 9.48. The highest BCUT2D eigenvalue weighted by atomic mass is 16.5. The van der Waals surface area contributed by atoms with Crippen LogP contribution in [0.4, 0.5) is 11.6 Å². The van der Waals surface area contributed by atoms with Gasteiger partial charge >= 0.3 is 0 Å². The van der Waals surface area contributed by atoms with E-state index < -0.39 is 0 Å². The third-order valence-corrected chi connectivity index (χ3v) is 5.61. The Balaban J connectivity index is 1.55. The zero-order valence-corrected chi connectivity index (χ0v) is 17.8. The lowest BCUT2D eigenvalue weighted by molar-refractivity contribution is 0.217. The number of rotatable bonds is 5. The normalized spacial score (nSPS) is 15.4. The maximum absolute atomic E-state index is 9.06. The van der Waals surface area contributed by atoms with Crippen molar-refractivity contribution < 1.29 is 4.74 Å². The van der Waals surface area contributed by atoms with E-state index in [4.69, 9.17) is 20.0 Å². The maximum atomic E-state index is 9.06. The highest BCUT2D eigenvalue weighted by Gasteiger charge is 2.19. The van der Waals surface area contributed by atoms with Gasteiger partial charge in [0.2, 0.25) is 11.8 Å². The molecular formula is C26H23N5O. The summed E-state index contributed by atoms with van der Waals surface area (Å²) in [5, 5.41) is 16.6. The molecule has 3 aromatic carbocycles. The van der Waals surface area contributed by atoms with Crippen LogP contribution in [0.3, 0.4) is 0 Å². The Bertz CT molecular complexity index is 1290. The number of aryl methyl sites for hydroxylation is 1. The third-order valence-electron chi connectivity index (χ3n) is 5.61. The molecule has 1 aliphatic rings. The van der Waals surface area contributed by atoms with Crippen LogP contribution < -0.4 is 15.4 Å². The predicted octanol–water partition coefficient (Wildman–Crippen LogP) is 4.96. The minimum absolute atomic E-state index is 0.0959. The second-order valence-corrected chi connectivity index (χ2v) is 8.00. The molecule has 1 aromatic heterocycles. The fourth-order valence-corrected chi connectivity index (χ4v) is 3.82. The van der Waals surface area contributed by atoms with Gasteiger partial charge in [0.1, 0.15) is 6.10 Å². The molecular weight excluding hydrogens is 398 g/mol. The van der Waals surface area contributed by atoms with Crippen molar-refractivity contribution >= 4 is 22.5 Å². The Morgan fingerprint density at radius 3 is 2.50 bits per heavy atom. The predicted molar refractivity (Wildman–Crippen MR) is 126 cm³/mol. The molecule has 0 saturated carbocycles. The number of benzene rings is 3. The van der Waals surface area contributed by atoms with Gasteiger partial charge in [0.15, 0.2) is 0 Å². The first kappa shape index (κ1) is 20.0. The van der Waals surface area contributed by atoms with E-state index in [0.29, 0.717) is 17.4 Å². The molecule has 2 N–H and O–H groups in total. The second kappa shape index (κ2) is 8.66. The van der Waals surface area contributed by atoms with Crippen LogP contribution >= 0.6 is 0 Å². The molecule has 1 aliphatic heterocycles. The molecule has 32 heavy (non-hydrogen) atoms. The van der Waals surface area contributed by atoms with Crippen LogP contribution in [0, 0.1) is 18.3 Å². The van der Waals surface area contributed by atoms with Gasteiger partial charge in [0.25, 0.3) is 0 Å². The topological polar surface area (TPSA) is 82.9 Å². The van der Waals surface area contributed by atoms with Gasteiger partial charge in [-0.25, -0.2) is 4.98 Å². The number of fused-ring (bicyclic) bond motifs is 1. The van der Waals surface area contributed by atoms with Gasteiger partial charge in [-0.1, -0.05) is 35.9 Å². The summed E-state index contributed by atoms with van der Waals surface area (Å²) in [6.45, 7) is 3.82. The van der Waals surface area contributed by atoms with Crippen LogP contribution in [-0.4, -0.2) is 29.2 Å². The Hall–Kier alpha value is -3.95. The van der Waals surface area contributed by atoms with Crippen LogP contribution in [0.5, 0.6) is 5.88 Å². The van der Waals surface area contributed by atoms with E-state index in [0.717, 1.165) is 47.2 Å². The molecule has 1 atom stereocenters. The molecule has 0 bridgehead atoms. The molecule has 6 nitrogen and oxygen atoms in total. The van der Waals surface area contributed by atoms with E-state index in [1.54, 1.807) is 0 Å². The lowest BCUT2D eigenvalue weighted by Gasteiger charge is -2.15. The van der Waals surface area contributed by atoms with E-state index in [1.807, 2.05) is 66.7 Å². The molecule has 0 spiro atoms. The number of anilines is 2. The first-order valence-electron chi connectivity index (χ1n) is 10.7. The monoisotopic (exact) mass is 421 g/mol. The van der Waals surface area contributed by atoms with E-state index in [-0.39, 0.29) is 6.10 Å². The van der Waals surface area contributed by atoms with Gasteiger partial charge in [-0.3, -0.25) is 0 Å². The maximum Gasteiger partial charge on any atom is 0.231 e. The Labute approximate surface area is 186 Å². The summed E-state index contributed by atoms with van der Waals surface area (Å²) < 4.78 is 6.27. The van der Waals surface area contributed by atoms with Crippen LogP contribution in [0.1, 0.15) is 17.5 Å². The van der Waals surface area contributed by atoms with Crippen LogP contribution in [0.25, 0.3) is 22.0 Å². The van der Waals surface area contributed by atoms with Crippen LogP contribution in [-0.2, 0) is 0 Å². The van der Waals surface area contributed by atoms with Crippen molar-refractivity contribution in [3.8, 4) is 23.1 Å². The third kappa shape index (κ3) is 4.25. The van der Waals surface area contributed by atoms with Crippen LogP contribution in [0.15, 0.2) is 66.7 Å². The molecule has 0 radical (unpaired) electrons. The first-order valence-corrected chi connectivity index (χ1v) is 10.7.